The van der Waals surface area contributed by atoms with E-state index in [1.165, 1.54) is 22.3 Å². The summed E-state index contributed by atoms with van der Waals surface area (Å²) < 4.78 is 8.95. The predicted molar refractivity (Wildman–Crippen MR) is 143 cm³/mol. The second-order valence-electron chi connectivity index (χ2n) is 9.56. The first-order valence-corrected chi connectivity index (χ1v) is 12.2. The molecule has 1 aliphatic rings. The van der Waals surface area contributed by atoms with E-state index in [-0.39, 0.29) is 5.92 Å². The molecule has 0 spiro atoms. The summed E-state index contributed by atoms with van der Waals surface area (Å²) in [6.45, 7) is 2.13. The first-order valence-electron chi connectivity index (χ1n) is 12.2. The molecule has 6 aromatic rings. The third kappa shape index (κ3) is 2.76. The molecule has 0 N–H and O–H groups in total. The zero-order valence-corrected chi connectivity index (χ0v) is 20.1. The average molecular weight is 464 g/mol. The molecule has 0 saturated heterocycles. The van der Waals surface area contributed by atoms with E-state index in [0.717, 1.165) is 44.3 Å². The van der Waals surface area contributed by atoms with Crippen molar-refractivity contribution in [2.75, 3.05) is 0 Å². The predicted octanol–water partition coefficient (Wildman–Crippen LogP) is 7.42. The lowest BCUT2D eigenvalue weighted by Gasteiger charge is -2.16. The third-order valence-electron chi connectivity index (χ3n) is 7.61. The van der Waals surface area contributed by atoms with Crippen LogP contribution in [-0.4, -0.2) is 0 Å². The Kier molecular flexibility index (Phi) is 4.40. The van der Waals surface area contributed by atoms with Gasteiger partial charge >= 0.3 is 0 Å². The summed E-state index contributed by atoms with van der Waals surface area (Å²) in [6, 6.07) is 34.0. The van der Waals surface area contributed by atoms with Crippen LogP contribution in [0.15, 0.2) is 102 Å². The highest BCUT2D eigenvalue weighted by molar-refractivity contribution is 6.11. The van der Waals surface area contributed by atoms with Crippen LogP contribution in [0.4, 0.5) is 0 Å². The molecule has 0 aliphatic heterocycles. The van der Waals surface area contributed by atoms with Crippen LogP contribution in [0.3, 0.4) is 0 Å². The number of nitriles is 1. The lowest BCUT2D eigenvalue weighted by molar-refractivity contribution is -0.660. The van der Waals surface area contributed by atoms with Crippen molar-refractivity contribution in [3.63, 3.8) is 0 Å². The van der Waals surface area contributed by atoms with Crippen LogP contribution in [0.5, 0.6) is 0 Å². The number of hydrogen-bond acceptors (Lipinski definition) is 2. The van der Waals surface area contributed by atoms with Crippen molar-refractivity contribution in [2.45, 2.75) is 12.8 Å². The Hall–Kier alpha value is -4.68. The fourth-order valence-electron chi connectivity index (χ4n) is 5.97. The number of hydrogen-bond donors (Lipinski definition) is 0. The number of benzene rings is 4. The molecule has 170 valence electrons. The fourth-order valence-corrected chi connectivity index (χ4v) is 5.97. The standard InChI is InChI=1S/C33H23N2O/c1-20-14-16-26-27-17-15-21(19-34)30(33(27)36-32(26)29(20)28-13-7-8-18-35(28)2)31-24-11-5-3-9-22(24)23-10-4-6-12-25(23)31/h3-18,31H,1-2H3/q+1. The van der Waals surface area contributed by atoms with Gasteiger partial charge < -0.3 is 4.42 Å². The summed E-state index contributed by atoms with van der Waals surface area (Å²) in [5.41, 5.74) is 11.5. The Morgan fingerprint density at radius 2 is 1.39 bits per heavy atom. The number of furan rings is 1. The van der Waals surface area contributed by atoms with Crippen molar-refractivity contribution in [1.29, 1.82) is 5.26 Å². The maximum absolute atomic E-state index is 10.2. The molecular formula is C33H23N2O+. The maximum Gasteiger partial charge on any atom is 0.216 e. The minimum atomic E-state index is -0.0614. The van der Waals surface area contributed by atoms with E-state index in [9.17, 15) is 5.26 Å². The van der Waals surface area contributed by atoms with Crippen molar-refractivity contribution < 1.29 is 8.98 Å². The number of aryl methyl sites for hydroxylation is 2. The van der Waals surface area contributed by atoms with Gasteiger partial charge in [-0.2, -0.15) is 5.26 Å². The summed E-state index contributed by atoms with van der Waals surface area (Å²) >= 11 is 0. The molecule has 0 atom stereocenters. The van der Waals surface area contributed by atoms with Gasteiger partial charge in [0.2, 0.25) is 5.69 Å². The smallest absolute Gasteiger partial charge is 0.216 e. The van der Waals surface area contributed by atoms with E-state index < -0.39 is 0 Å². The maximum atomic E-state index is 10.2. The topological polar surface area (TPSA) is 40.8 Å². The van der Waals surface area contributed by atoms with Crippen LogP contribution in [0.2, 0.25) is 0 Å². The Balaban J connectivity index is 1.61. The highest BCUT2D eigenvalue weighted by Crippen LogP contribution is 2.51. The van der Waals surface area contributed by atoms with Gasteiger partial charge in [-0.1, -0.05) is 60.7 Å². The number of fused-ring (bicyclic) bond motifs is 6. The van der Waals surface area contributed by atoms with E-state index in [1.807, 2.05) is 18.2 Å². The van der Waals surface area contributed by atoms with Crippen LogP contribution in [0.1, 0.15) is 33.7 Å². The Morgan fingerprint density at radius 3 is 2.08 bits per heavy atom. The van der Waals surface area contributed by atoms with Crippen LogP contribution in [0.25, 0.3) is 44.3 Å². The Bertz CT molecular complexity index is 1840. The summed E-state index contributed by atoms with van der Waals surface area (Å²) in [5.74, 6) is -0.0614. The molecule has 3 nitrogen and oxygen atoms in total. The van der Waals surface area contributed by atoms with Crippen LogP contribution in [-0.2, 0) is 7.05 Å². The molecule has 0 unspecified atom stereocenters. The van der Waals surface area contributed by atoms with Crippen molar-refractivity contribution in [2.24, 2.45) is 7.05 Å². The SMILES string of the molecule is Cc1ccc2c(oc3c(C4c5ccccc5-c5ccccc54)c(C#N)ccc32)c1-c1cccc[n+]1C. The first-order chi connectivity index (χ1) is 17.7. The summed E-state index contributed by atoms with van der Waals surface area (Å²) in [7, 11) is 2.06. The first kappa shape index (κ1) is 20.7. The molecule has 2 heterocycles. The second-order valence-corrected chi connectivity index (χ2v) is 9.56. The van der Waals surface area contributed by atoms with Gasteiger partial charge in [0.1, 0.15) is 18.2 Å². The van der Waals surface area contributed by atoms with Gasteiger partial charge in [0.05, 0.1) is 17.2 Å². The molecule has 0 saturated carbocycles. The summed E-state index contributed by atoms with van der Waals surface area (Å²) in [4.78, 5) is 0. The largest absolute Gasteiger partial charge is 0.455 e. The van der Waals surface area contributed by atoms with Gasteiger partial charge in [-0.15, -0.1) is 0 Å². The molecule has 0 radical (unpaired) electrons. The molecule has 3 heteroatoms. The Morgan fingerprint density at radius 1 is 0.750 bits per heavy atom. The number of aromatic nitrogens is 1. The van der Waals surface area contributed by atoms with E-state index in [0.29, 0.717) is 5.56 Å². The summed E-state index contributed by atoms with van der Waals surface area (Å²) in [6.07, 6.45) is 2.06. The number of rotatable bonds is 2. The Labute approximate surface area is 209 Å². The van der Waals surface area contributed by atoms with Gasteiger partial charge in [0.25, 0.3) is 0 Å². The van der Waals surface area contributed by atoms with E-state index in [4.69, 9.17) is 4.42 Å². The fraction of sp³-hybridized carbons (Fsp3) is 0.0909. The minimum absolute atomic E-state index is 0.0614. The van der Waals surface area contributed by atoms with Crippen molar-refractivity contribution in [3.8, 4) is 28.5 Å². The highest BCUT2D eigenvalue weighted by atomic mass is 16.3. The van der Waals surface area contributed by atoms with Gasteiger partial charge in [-0.25, -0.2) is 4.57 Å². The van der Waals surface area contributed by atoms with Gasteiger partial charge in [-0.3, -0.25) is 0 Å². The van der Waals surface area contributed by atoms with Crippen LogP contribution >= 0.6 is 0 Å². The summed E-state index contributed by atoms with van der Waals surface area (Å²) in [5, 5.41) is 12.3. The van der Waals surface area contributed by atoms with E-state index in [2.05, 4.69) is 104 Å². The lowest BCUT2D eigenvalue weighted by atomic mass is 9.85. The van der Waals surface area contributed by atoms with E-state index in [1.54, 1.807) is 0 Å². The normalized spacial score (nSPS) is 12.6. The quantitative estimate of drug-likeness (QED) is 0.250. The molecule has 0 bridgehead atoms. The second kappa shape index (κ2) is 7.66. The molecular weight excluding hydrogens is 440 g/mol. The molecule has 0 fully saturated rings. The minimum Gasteiger partial charge on any atom is -0.455 e. The van der Waals surface area contributed by atoms with Crippen molar-refractivity contribution >= 4 is 21.9 Å². The zero-order chi connectivity index (χ0) is 24.4. The third-order valence-corrected chi connectivity index (χ3v) is 7.61. The van der Waals surface area contributed by atoms with Crippen LogP contribution in [0, 0.1) is 18.3 Å². The molecule has 36 heavy (non-hydrogen) atoms. The molecule has 7 rings (SSSR count). The molecule has 4 aromatic carbocycles. The monoisotopic (exact) mass is 463 g/mol. The van der Waals surface area contributed by atoms with Crippen molar-refractivity contribution in [1.82, 2.24) is 0 Å². The number of nitrogens with zero attached hydrogens (tertiary/aromatic N) is 2. The highest BCUT2D eigenvalue weighted by Gasteiger charge is 2.34. The number of pyridine rings is 1. The molecule has 0 amide bonds. The average Bonchev–Trinajstić information content (AvgIpc) is 3.44. The van der Waals surface area contributed by atoms with Gasteiger partial charge in [0.15, 0.2) is 6.20 Å². The van der Waals surface area contributed by atoms with Crippen molar-refractivity contribution in [3.05, 3.63) is 125 Å². The lowest BCUT2D eigenvalue weighted by Crippen LogP contribution is -2.30. The van der Waals surface area contributed by atoms with Gasteiger partial charge in [0, 0.05) is 34.4 Å². The molecule has 1 aliphatic carbocycles. The van der Waals surface area contributed by atoms with Crippen LogP contribution < -0.4 is 4.57 Å². The zero-order valence-electron chi connectivity index (χ0n) is 20.1. The molecule has 2 aromatic heterocycles. The van der Waals surface area contributed by atoms with Gasteiger partial charge in [-0.05, 0) is 52.9 Å². The van der Waals surface area contributed by atoms with E-state index >= 15 is 0 Å².